The summed E-state index contributed by atoms with van der Waals surface area (Å²) >= 11 is 0. The van der Waals surface area contributed by atoms with E-state index in [4.69, 9.17) is 4.74 Å². The number of carbonyl (C=O) groups is 1. The van der Waals surface area contributed by atoms with Crippen LogP contribution in [0.4, 0.5) is 0 Å². The SMILES string of the molecule is CCn1cnnc1C1CN(C(=O)Cn2ncc3ccccc32)CCO1. The number of aromatic nitrogens is 5. The zero-order chi connectivity index (χ0) is 17.2. The highest BCUT2D eigenvalue weighted by Gasteiger charge is 2.28. The molecular weight excluding hydrogens is 320 g/mol. The van der Waals surface area contributed by atoms with E-state index in [1.54, 1.807) is 17.2 Å². The van der Waals surface area contributed by atoms with Gasteiger partial charge in [-0.2, -0.15) is 5.10 Å². The monoisotopic (exact) mass is 340 g/mol. The molecule has 0 spiro atoms. The number of rotatable bonds is 4. The third-order valence-electron chi connectivity index (χ3n) is 4.53. The van der Waals surface area contributed by atoms with Crippen LogP contribution < -0.4 is 0 Å². The van der Waals surface area contributed by atoms with E-state index < -0.39 is 0 Å². The van der Waals surface area contributed by atoms with Gasteiger partial charge in [0, 0.05) is 18.5 Å². The second-order valence-electron chi connectivity index (χ2n) is 6.04. The van der Waals surface area contributed by atoms with E-state index in [-0.39, 0.29) is 18.6 Å². The van der Waals surface area contributed by atoms with Gasteiger partial charge in [-0.15, -0.1) is 10.2 Å². The molecule has 3 aromatic rings. The van der Waals surface area contributed by atoms with Crippen molar-refractivity contribution in [2.45, 2.75) is 26.1 Å². The van der Waals surface area contributed by atoms with E-state index in [9.17, 15) is 4.79 Å². The van der Waals surface area contributed by atoms with Crippen molar-refractivity contribution in [1.82, 2.24) is 29.4 Å². The quantitative estimate of drug-likeness (QED) is 0.714. The third kappa shape index (κ3) is 3.00. The summed E-state index contributed by atoms with van der Waals surface area (Å²) in [6.45, 7) is 4.58. The Bertz CT molecular complexity index is 886. The van der Waals surface area contributed by atoms with Gasteiger partial charge in [-0.05, 0) is 13.0 Å². The average molecular weight is 340 g/mol. The van der Waals surface area contributed by atoms with Crippen LogP contribution in [0.25, 0.3) is 10.9 Å². The maximum absolute atomic E-state index is 12.7. The Hall–Kier alpha value is -2.74. The van der Waals surface area contributed by atoms with E-state index in [1.807, 2.05) is 40.7 Å². The van der Waals surface area contributed by atoms with Crippen molar-refractivity contribution >= 4 is 16.8 Å². The molecule has 8 nitrogen and oxygen atoms in total. The smallest absolute Gasteiger partial charge is 0.244 e. The predicted octanol–water partition coefficient (Wildman–Crippen LogP) is 1.25. The summed E-state index contributed by atoms with van der Waals surface area (Å²) in [4.78, 5) is 14.6. The molecule has 1 unspecified atom stereocenters. The van der Waals surface area contributed by atoms with Gasteiger partial charge in [-0.25, -0.2) is 0 Å². The first-order valence-corrected chi connectivity index (χ1v) is 8.44. The number of ether oxygens (including phenoxy) is 1. The predicted molar refractivity (Wildman–Crippen MR) is 90.7 cm³/mol. The van der Waals surface area contributed by atoms with Crippen molar-refractivity contribution < 1.29 is 9.53 Å². The first-order chi connectivity index (χ1) is 12.3. The number of morpholine rings is 1. The molecule has 1 aromatic carbocycles. The molecule has 25 heavy (non-hydrogen) atoms. The Morgan fingerprint density at radius 3 is 3.12 bits per heavy atom. The average Bonchev–Trinajstić information content (AvgIpc) is 3.29. The lowest BCUT2D eigenvalue weighted by molar-refractivity contribution is -0.140. The molecule has 8 heteroatoms. The van der Waals surface area contributed by atoms with E-state index in [1.165, 1.54) is 0 Å². The molecule has 1 aliphatic rings. The van der Waals surface area contributed by atoms with Gasteiger partial charge in [0.15, 0.2) is 5.82 Å². The van der Waals surface area contributed by atoms with Crippen molar-refractivity contribution in [2.24, 2.45) is 0 Å². The minimum absolute atomic E-state index is 0.0321. The topological polar surface area (TPSA) is 78.1 Å². The lowest BCUT2D eigenvalue weighted by Crippen LogP contribution is -2.44. The fourth-order valence-corrected chi connectivity index (χ4v) is 3.17. The highest BCUT2D eigenvalue weighted by Crippen LogP contribution is 2.21. The van der Waals surface area contributed by atoms with Crippen molar-refractivity contribution in [2.75, 3.05) is 19.7 Å². The molecule has 1 aliphatic heterocycles. The molecule has 130 valence electrons. The summed E-state index contributed by atoms with van der Waals surface area (Å²) in [5.41, 5.74) is 0.964. The fraction of sp³-hybridized carbons (Fsp3) is 0.412. The van der Waals surface area contributed by atoms with Gasteiger partial charge in [-0.1, -0.05) is 18.2 Å². The molecule has 1 fully saturated rings. The molecule has 0 bridgehead atoms. The van der Waals surface area contributed by atoms with Crippen LogP contribution in [0.15, 0.2) is 36.8 Å². The maximum Gasteiger partial charge on any atom is 0.244 e. The fourth-order valence-electron chi connectivity index (χ4n) is 3.17. The highest BCUT2D eigenvalue weighted by molar-refractivity contribution is 5.82. The zero-order valence-corrected chi connectivity index (χ0v) is 14.1. The van der Waals surface area contributed by atoms with Gasteiger partial charge < -0.3 is 14.2 Å². The van der Waals surface area contributed by atoms with Crippen molar-refractivity contribution in [3.05, 3.63) is 42.6 Å². The standard InChI is InChI=1S/C17H20N6O2/c1-2-21-12-18-20-17(21)15-10-22(7-8-25-15)16(24)11-23-14-6-4-3-5-13(14)9-19-23/h3-6,9,12,15H,2,7-8,10-11H2,1H3. The lowest BCUT2D eigenvalue weighted by atomic mass is 10.2. The zero-order valence-electron chi connectivity index (χ0n) is 14.1. The molecule has 0 saturated carbocycles. The summed E-state index contributed by atoms with van der Waals surface area (Å²) < 4.78 is 9.50. The summed E-state index contributed by atoms with van der Waals surface area (Å²) in [7, 11) is 0. The van der Waals surface area contributed by atoms with Crippen LogP contribution in [0.2, 0.25) is 0 Å². The van der Waals surface area contributed by atoms with Gasteiger partial charge >= 0.3 is 0 Å². The molecule has 1 atom stereocenters. The summed E-state index contributed by atoms with van der Waals surface area (Å²) in [5, 5.41) is 13.5. The number of carbonyl (C=O) groups excluding carboxylic acids is 1. The summed E-state index contributed by atoms with van der Waals surface area (Å²) in [5.74, 6) is 0.800. The number of para-hydroxylation sites is 1. The number of aryl methyl sites for hydroxylation is 1. The third-order valence-corrected chi connectivity index (χ3v) is 4.53. The number of hydrogen-bond acceptors (Lipinski definition) is 5. The van der Waals surface area contributed by atoms with Crippen LogP contribution in [0.5, 0.6) is 0 Å². The van der Waals surface area contributed by atoms with Gasteiger partial charge in [0.2, 0.25) is 5.91 Å². The van der Waals surface area contributed by atoms with Crippen LogP contribution in [-0.4, -0.2) is 55.0 Å². The van der Waals surface area contributed by atoms with Gasteiger partial charge in [0.25, 0.3) is 0 Å². The number of benzene rings is 1. The molecule has 1 amide bonds. The van der Waals surface area contributed by atoms with Gasteiger partial charge in [0.1, 0.15) is 19.0 Å². The van der Waals surface area contributed by atoms with Crippen LogP contribution in [0, 0.1) is 0 Å². The van der Waals surface area contributed by atoms with Crippen molar-refractivity contribution in [3.63, 3.8) is 0 Å². The number of hydrogen-bond donors (Lipinski definition) is 0. The summed E-state index contributed by atoms with van der Waals surface area (Å²) in [6, 6.07) is 7.88. The van der Waals surface area contributed by atoms with Crippen LogP contribution in [-0.2, 0) is 22.6 Å². The van der Waals surface area contributed by atoms with E-state index in [0.717, 1.165) is 23.3 Å². The molecule has 4 rings (SSSR count). The highest BCUT2D eigenvalue weighted by atomic mass is 16.5. The van der Waals surface area contributed by atoms with Crippen LogP contribution in [0.1, 0.15) is 18.9 Å². The molecular formula is C17H20N6O2. The lowest BCUT2D eigenvalue weighted by Gasteiger charge is -2.32. The molecule has 0 radical (unpaired) electrons. The number of fused-ring (bicyclic) bond motifs is 1. The molecule has 3 heterocycles. The second kappa shape index (κ2) is 6.64. The van der Waals surface area contributed by atoms with Crippen molar-refractivity contribution in [3.8, 4) is 0 Å². The Morgan fingerprint density at radius 1 is 1.36 bits per heavy atom. The Balaban J connectivity index is 1.48. The van der Waals surface area contributed by atoms with Crippen molar-refractivity contribution in [1.29, 1.82) is 0 Å². The largest absolute Gasteiger partial charge is 0.366 e. The molecule has 0 aliphatic carbocycles. The molecule has 0 N–H and O–H groups in total. The molecule has 1 saturated heterocycles. The minimum Gasteiger partial charge on any atom is -0.366 e. The maximum atomic E-state index is 12.7. The van der Waals surface area contributed by atoms with E-state index in [2.05, 4.69) is 15.3 Å². The minimum atomic E-state index is -0.241. The first kappa shape index (κ1) is 15.8. The summed E-state index contributed by atoms with van der Waals surface area (Å²) in [6.07, 6.45) is 3.23. The van der Waals surface area contributed by atoms with E-state index in [0.29, 0.717) is 19.7 Å². The molecule has 2 aromatic heterocycles. The Morgan fingerprint density at radius 2 is 2.24 bits per heavy atom. The number of amides is 1. The first-order valence-electron chi connectivity index (χ1n) is 8.44. The second-order valence-corrected chi connectivity index (χ2v) is 6.04. The van der Waals surface area contributed by atoms with E-state index >= 15 is 0 Å². The van der Waals surface area contributed by atoms with Gasteiger partial charge in [0.05, 0.1) is 24.9 Å². The number of nitrogens with zero attached hydrogens (tertiary/aromatic N) is 6. The van der Waals surface area contributed by atoms with Gasteiger partial charge in [-0.3, -0.25) is 9.48 Å². The Kier molecular flexibility index (Phi) is 4.19. The Labute approximate surface area is 145 Å². The van der Waals surface area contributed by atoms with Crippen LogP contribution in [0.3, 0.4) is 0 Å². The normalized spacial score (nSPS) is 18.0. The van der Waals surface area contributed by atoms with Crippen LogP contribution >= 0.6 is 0 Å².